The van der Waals surface area contributed by atoms with Crippen LogP contribution in [-0.2, 0) is 31.0 Å². The maximum Gasteiger partial charge on any atom is 0.305 e. The molecule has 1 atom stereocenters. The van der Waals surface area contributed by atoms with Gasteiger partial charge in [-0.25, -0.2) is 4.98 Å². The summed E-state index contributed by atoms with van der Waals surface area (Å²) in [7, 11) is 0. The van der Waals surface area contributed by atoms with Gasteiger partial charge in [0.25, 0.3) is 0 Å². The Labute approximate surface area is 212 Å². The highest BCUT2D eigenvalue weighted by molar-refractivity contribution is 8.01. The molecule has 182 valence electrons. The van der Waals surface area contributed by atoms with E-state index in [1.165, 1.54) is 11.3 Å². The van der Waals surface area contributed by atoms with Gasteiger partial charge in [-0.3, -0.25) is 14.4 Å². The zero-order chi connectivity index (χ0) is 24.3. The fraction of sp³-hybridized carbons (Fsp3) is 0.500. The number of fused-ring (bicyclic) bond motifs is 2. The van der Waals surface area contributed by atoms with Gasteiger partial charge in [0.1, 0.15) is 5.01 Å². The number of esters is 1. The number of nitrogens with zero attached hydrogens (tertiary/aromatic N) is 3. The fourth-order valence-corrected chi connectivity index (χ4v) is 6.85. The molecule has 0 radical (unpaired) electrons. The second-order valence-electron chi connectivity index (χ2n) is 8.62. The van der Waals surface area contributed by atoms with Gasteiger partial charge < -0.3 is 14.5 Å². The number of hydrogen-bond donors (Lipinski definition) is 0. The summed E-state index contributed by atoms with van der Waals surface area (Å²) in [6.07, 6.45) is 3.98. The Bertz CT molecular complexity index is 1090. The van der Waals surface area contributed by atoms with Crippen LogP contribution in [0.15, 0.2) is 28.6 Å². The third-order valence-corrected chi connectivity index (χ3v) is 8.80. The van der Waals surface area contributed by atoms with E-state index in [0.717, 1.165) is 39.1 Å². The Kier molecular flexibility index (Phi) is 7.84. The van der Waals surface area contributed by atoms with Crippen LogP contribution in [0.3, 0.4) is 0 Å². The van der Waals surface area contributed by atoms with E-state index in [9.17, 15) is 14.4 Å². The zero-order valence-corrected chi connectivity index (χ0v) is 21.7. The average molecular weight is 522 g/mol. The van der Waals surface area contributed by atoms with Crippen LogP contribution in [0, 0.1) is 0 Å². The van der Waals surface area contributed by atoms with Crippen LogP contribution in [0.4, 0.5) is 5.69 Å². The fourth-order valence-electron chi connectivity index (χ4n) is 4.64. The standard InChI is InChI=1S/C24H28ClN3O4S2/c1-3-32-22(31)5-4-10-33-23-13-26-20(34-23)12-21(30)28-15-24(8-9-27(14-24)16(2)29)18-11-17(25)6-7-19(18)28/h6-7,11,13H,3-5,8-10,12,14-15H2,1-2H3. The van der Waals surface area contributed by atoms with Crippen molar-refractivity contribution in [2.75, 3.05) is 36.9 Å². The summed E-state index contributed by atoms with van der Waals surface area (Å²) in [4.78, 5) is 44.9. The summed E-state index contributed by atoms with van der Waals surface area (Å²) >= 11 is 9.46. The lowest BCUT2D eigenvalue weighted by molar-refractivity contribution is -0.143. The predicted molar refractivity (Wildman–Crippen MR) is 135 cm³/mol. The Balaban J connectivity index is 1.39. The lowest BCUT2D eigenvalue weighted by atomic mass is 9.81. The van der Waals surface area contributed by atoms with Crippen molar-refractivity contribution in [2.24, 2.45) is 0 Å². The van der Waals surface area contributed by atoms with Gasteiger partial charge >= 0.3 is 5.97 Å². The summed E-state index contributed by atoms with van der Waals surface area (Å²) < 4.78 is 5.98. The van der Waals surface area contributed by atoms with Gasteiger partial charge in [0.15, 0.2) is 0 Å². The minimum absolute atomic E-state index is 0.00469. The van der Waals surface area contributed by atoms with Crippen LogP contribution in [-0.4, -0.2) is 59.7 Å². The van der Waals surface area contributed by atoms with Crippen molar-refractivity contribution in [3.8, 4) is 0 Å². The number of halogens is 1. The molecule has 7 nitrogen and oxygen atoms in total. The van der Waals surface area contributed by atoms with Gasteiger partial charge in [-0.15, -0.1) is 23.1 Å². The van der Waals surface area contributed by atoms with Gasteiger partial charge in [-0.05, 0) is 49.3 Å². The van der Waals surface area contributed by atoms with Crippen molar-refractivity contribution in [1.29, 1.82) is 0 Å². The first-order valence-electron chi connectivity index (χ1n) is 11.4. The Morgan fingerprint density at radius 1 is 1.29 bits per heavy atom. The quantitative estimate of drug-likeness (QED) is 0.292. The number of likely N-dealkylation sites (tertiary alicyclic amines) is 1. The molecular weight excluding hydrogens is 494 g/mol. The molecule has 0 aliphatic carbocycles. The molecule has 2 aliphatic heterocycles. The molecule has 34 heavy (non-hydrogen) atoms. The maximum atomic E-state index is 13.3. The molecule has 1 saturated heterocycles. The highest BCUT2D eigenvalue weighted by Crippen LogP contribution is 2.47. The molecule has 10 heteroatoms. The number of hydrogen-bond acceptors (Lipinski definition) is 7. The van der Waals surface area contributed by atoms with E-state index in [1.807, 2.05) is 28.0 Å². The smallest absolute Gasteiger partial charge is 0.305 e. The first kappa shape index (κ1) is 25.0. The largest absolute Gasteiger partial charge is 0.466 e. The topological polar surface area (TPSA) is 79.8 Å². The molecule has 1 aromatic carbocycles. The average Bonchev–Trinajstić information content (AvgIpc) is 3.50. The lowest BCUT2D eigenvalue weighted by Crippen LogP contribution is -2.40. The van der Waals surface area contributed by atoms with E-state index >= 15 is 0 Å². The second-order valence-corrected chi connectivity index (χ2v) is 11.6. The van der Waals surface area contributed by atoms with Gasteiger partial charge in [-0.2, -0.15) is 0 Å². The molecule has 2 aliphatic rings. The first-order chi connectivity index (χ1) is 16.3. The minimum atomic E-state index is -0.273. The lowest BCUT2D eigenvalue weighted by Gasteiger charge is -2.25. The van der Waals surface area contributed by atoms with Crippen molar-refractivity contribution in [2.45, 2.75) is 49.2 Å². The van der Waals surface area contributed by atoms with Gasteiger partial charge in [0.2, 0.25) is 11.8 Å². The van der Waals surface area contributed by atoms with Crippen molar-refractivity contribution < 1.29 is 19.1 Å². The highest BCUT2D eigenvalue weighted by atomic mass is 35.5. The minimum Gasteiger partial charge on any atom is -0.466 e. The molecule has 3 heterocycles. The number of carbonyl (C=O) groups is 3. The van der Waals surface area contributed by atoms with E-state index in [0.29, 0.717) is 37.7 Å². The number of carbonyl (C=O) groups excluding carboxylic acids is 3. The van der Waals surface area contributed by atoms with Crippen molar-refractivity contribution in [3.05, 3.63) is 40.0 Å². The van der Waals surface area contributed by atoms with Crippen molar-refractivity contribution in [1.82, 2.24) is 9.88 Å². The molecule has 1 spiro atoms. The van der Waals surface area contributed by atoms with Crippen LogP contribution in [0.25, 0.3) is 0 Å². The number of thioether (sulfide) groups is 1. The highest BCUT2D eigenvalue weighted by Gasteiger charge is 2.49. The van der Waals surface area contributed by atoms with Crippen LogP contribution in [0.2, 0.25) is 5.02 Å². The molecular formula is C24H28ClN3O4S2. The third-order valence-electron chi connectivity index (χ3n) is 6.29. The van der Waals surface area contributed by atoms with Crippen LogP contribution in [0.5, 0.6) is 0 Å². The summed E-state index contributed by atoms with van der Waals surface area (Å²) in [6, 6.07) is 5.67. The second kappa shape index (κ2) is 10.7. The number of aromatic nitrogens is 1. The molecule has 2 aromatic rings. The van der Waals surface area contributed by atoms with Crippen LogP contribution >= 0.6 is 34.7 Å². The number of amides is 2. The molecule has 0 bridgehead atoms. The third kappa shape index (κ3) is 5.42. The zero-order valence-electron chi connectivity index (χ0n) is 19.3. The number of thiazole rings is 1. The van der Waals surface area contributed by atoms with Crippen molar-refractivity contribution in [3.63, 3.8) is 0 Å². The van der Waals surface area contributed by atoms with E-state index in [4.69, 9.17) is 16.3 Å². The Hall–Kier alpha value is -2.10. The van der Waals surface area contributed by atoms with E-state index in [1.54, 1.807) is 31.8 Å². The predicted octanol–water partition coefficient (Wildman–Crippen LogP) is 4.31. The molecule has 2 amide bonds. The molecule has 4 rings (SSSR count). The van der Waals surface area contributed by atoms with Gasteiger partial charge in [0.05, 0.1) is 23.4 Å². The van der Waals surface area contributed by atoms with E-state index in [-0.39, 0.29) is 29.6 Å². The summed E-state index contributed by atoms with van der Waals surface area (Å²) in [6.45, 7) is 5.63. The van der Waals surface area contributed by atoms with Gasteiger partial charge in [-0.1, -0.05) is 11.6 Å². The molecule has 0 N–H and O–H groups in total. The molecule has 1 aromatic heterocycles. The van der Waals surface area contributed by atoms with Gasteiger partial charge in [0, 0.05) is 49.1 Å². The molecule has 1 unspecified atom stereocenters. The number of anilines is 1. The van der Waals surface area contributed by atoms with E-state index in [2.05, 4.69) is 4.98 Å². The first-order valence-corrected chi connectivity index (χ1v) is 13.6. The van der Waals surface area contributed by atoms with Crippen LogP contribution in [0.1, 0.15) is 43.7 Å². The normalized spacial score (nSPS) is 19.0. The maximum absolute atomic E-state index is 13.3. The number of benzene rings is 1. The SMILES string of the molecule is CCOC(=O)CCCSc1cnc(CC(=O)N2CC3(CCN(C(C)=O)C3)c3cc(Cl)ccc32)s1. The number of ether oxygens (including phenoxy) is 1. The Morgan fingerprint density at radius 2 is 2.12 bits per heavy atom. The Morgan fingerprint density at radius 3 is 2.85 bits per heavy atom. The summed E-state index contributed by atoms with van der Waals surface area (Å²) in [5.74, 6) is 0.677. The molecule has 0 saturated carbocycles. The van der Waals surface area contributed by atoms with Crippen molar-refractivity contribution >= 4 is 58.2 Å². The van der Waals surface area contributed by atoms with E-state index < -0.39 is 0 Å². The monoisotopic (exact) mass is 521 g/mol. The van der Waals surface area contributed by atoms with Crippen LogP contribution < -0.4 is 4.90 Å². The number of rotatable bonds is 8. The summed E-state index contributed by atoms with van der Waals surface area (Å²) in [5.41, 5.74) is 1.66. The molecule has 1 fully saturated rings. The summed E-state index contributed by atoms with van der Waals surface area (Å²) in [5, 5.41) is 1.41.